The second-order valence-electron chi connectivity index (χ2n) is 4.67. The highest BCUT2D eigenvalue weighted by molar-refractivity contribution is 5.96. The molecule has 2 rings (SSSR count). The topological polar surface area (TPSA) is 81.4 Å². The van der Waals surface area contributed by atoms with Crippen LogP contribution >= 0.6 is 0 Å². The monoisotopic (exact) mass is 288 g/mol. The predicted octanol–water partition coefficient (Wildman–Crippen LogP) is 2.72. The molecule has 0 radical (unpaired) electrons. The second kappa shape index (κ2) is 6.21. The van der Waals surface area contributed by atoms with Gasteiger partial charge in [0.25, 0.3) is 0 Å². The van der Waals surface area contributed by atoms with Crippen LogP contribution in [0.3, 0.4) is 0 Å². The summed E-state index contributed by atoms with van der Waals surface area (Å²) in [4.78, 5) is 22.6. The lowest BCUT2D eigenvalue weighted by molar-refractivity contribution is -0.114. The van der Waals surface area contributed by atoms with E-state index in [9.17, 15) is 9.59 Å². The lowest BCUT2D eigenvalue weighted by Crippen LogP contribution is -2.09. The Bertz CT molecular complexity index is 676. The zero-order valence-corrected chi connectivity index (χ0v) is 12.1. The van der Waals surface area contributed by atoms with Crippen molar-refractivity contribution in [2.24, 2.45) is 0 Å². The van der Waals surface area contributed by atoms with Gasteiger partial charge in [-0.2, -0.15) is 0 Å². The highest BCUT2D eigenvalue weighted by Crippen LogP contribution is 2.27. The Labute approximate surface area is 122 Å². The summed E-state index contributed by atoms with van der Waals surface area (Å²) in [7, 11) is 0. The minimum atomic E-state index is -0.215. The van der Waals surface area contributed by atoms with Gasteiger partial charge in [0.05, 0.1) is 5.69 Å². The first-order valence-electron chi connectivity index (χ1n) is 6.43. The van der Waals surface area contributed by atoms with Gasteiger partial charge < -0.3 is 14.6 Å². The van der Waals surface area contributed by atoms with Gasteiger partial charge in [-0.3, -0.25) is 9.59 Å². The summed E-state index contributed by atoms with van der Waals surface area (Å²) < 4.78 is 10.6. The first-order chi connectivity index (χ1) is 9.95. The van der Waals surface area contributed by atoms with Gasteiger partial charge in [0.2, 0.25) is 5.91 Å². The van der Waals surface area contributed by atoms with Crippen LogP contribution in [-0.2, 0) is 11.4 Å². The molecule has 0 aliphatic rings. The summed E-state index contributed by atoms with van der Waals surface area (Å²) in [5, 5.41) is 6.49. The Balaban J connectivity index is 2.22. The zero-order valence-electron chi connectivity index (χ0n) is 12.1. The predicted molar refractivity (Wildman–Crippen MR) is 76.3 cm³/mol. The Morgan fingerprint density at radius 3 is 2.62 bits per heavy atom. The van der Waals surface area contributed by atoms with Crippen LogP contribution in [-0.4, -0.2) is 16.8 Å². The summed E-state index contributed by atoms with van der Waals surface area (Å²) in [5.41, 5.74) is 1.65. The van der Waals surface area contributed by atoms with E-state index in [0.717, 1.165) is 0 Å². The molecule has 6 nitrogen and oxygen atoms in total. The van der Waals surface area contributed by atoms with E-state index >= 15 is 0 Å². The average Bonchev–Trinajstić information content (AvgIpc) is 2.82. The first kappa shape index (κ1) is 14.8. The number of aromatic nitrogens is 1. The van der Waals surface area contributed by atoms with Gasteiger partial charge in [0.1, 0.15) is 23.8 Å². The molecule has 0 fully saturated rings. The molecule has 21 heavy (non-hydrogen) atoms. The standard InChI is InChI=1S/C15H16N2O4/c1-9-6-13(17-21-9)8-20-15-7-12(10(2)18)4-5-14(15)16-11(3)19/h4-7H,8H2,1-3H3,(H,16,19). The highest BCUT2D eigenvalue weighted by Gasteiger charge is 2.10. The number of nitrogens with one attached hydrogen (secondary N) is 1. The van der Waals surface area contributed by atoms with Crippen LogP contribution in [0.1, 0.15) is 35.7 Å². The number of nitrogens with zero attached hydrogens (tertiary/aromatic N) is 1. The molecule has 1 amide bonds. The number of ketones is 1. The van der Waals surface area contributed by atoms with Crippen LogP contribution in [0, 0.1) is 6.92 Å². The molecular weight excluding hydrogens is 272 g/mol. The van der Waals surface area contributed by atoms with Crippen LogP contribution in [0.25, 0.3) is 0 Å². The summed E-state index contributed by atoms with van der Waals surface area (Å²) in [6.07, 6.45) is 0. The SMILES string of the molecule is CC(=O)Nc1ccc(C(C)=O)cc1OCc1cc(C)on1. The smallest absolute Gasteiger partial charge is 0.221 e. The summed E-state index contributed by atoms with van der Waals surface area (Å²) in [6, 6.07) is 6.63. The molecule has 0 aliphatic heterocycles. The number of Topliss-reactive ketones (excluding diaryl/α,β-unsaturated/α-hetero) is 1. The van der Waals surface area contributed by atoms with Gasteiger partial charge in [-0.15, -0.1) is 0 Å². The van der Waals surface area contributed by atoms with Crippen molar-refractivity contribution >= 4 is 17.4 Å². The average molecular weight is 288 g/mol. The van der Waals surface area contributed by atoms with E-state index in [-0.39, 0.29) is 18.3 Å². The van der Waals surface area contributed by atoms with Crippen molar-refractivity contribution in [2.75, 3.05) is 5.32 Å². The number of carbonyl (C=O) groups is 2. The number of amides is 1. The number of aryl methyl sites for hydroxylation is 1. The van der Waals surface area contributed by atoms with Crippen LogP contribution < -0.4 is 10.1 Å². The molecule has 0 atom stereocenters. The molecule has 1 aromatic heterocycles. The fraction of sp³-hybridized carbons (Fsp3) is 0.267. The maximum absolute atomic E-state index is 11.4. The highest BCUT2D eigenvalue weighted by atomic mass is 16.5. The van der Waals surface area contributed by atoms with E-state index in [4.69, 9.17) is 9.26 Å². The van der Waals surface area contributed by atoms with E-state index in [1.165, 1.54) is 13.8 Å². The fourth-order valence-corrected chi connectivity index (χ4v) is 1.79. The van der Waals surface area contributed by atoms with Gasteiger partial charge in [-0.05, 0) is 32.0 Å². The van der Waals surface area contributed by atoms with Crippen molar-refractivity contribution in [3.63, 3.8) is 0 Å². The maximum Gasteiger partial charge on any atom is 0.221 e. The molecule has 1 aromatic carbocycles. The summed E-state index contributed by atoms with van der Waals surface area (Å²) in [6.45, 7) is 4.85. The molecule has 110 valence electrons. The minimum Gasteiger partial charge on any atom is -0.485 e. The molecule has 0 spiro atoms. The number of anilines is 1. The largest absolute Gasteiger partial charge is 0.485 e. The van der Waals surface area contributed by atoms with Gasteiger partial charge >= 0.3 is 0 Å². The lowest BCUT2D eigenvalue weighted by atomic mass is 10.1. The molecule has 0 bridgehead atoms. The molecule has 0 saturated heterocycles. The third-order valence-electron chi connectivity index (χ3n) is 2.75. The van der Waals surface area contributed by atoms with Crippen molar-refractivity contribution < 1.29 is 18.8 Å². The van der Waals surface area contributed by atoms with Crippen LogP contribution in [0.2, 0.25) is 0 Å². The molecule has 0 saturated carbocycles. The second-order valence-corrected chi connectivity index (χ2v) is 4.67. The molecule has 0 unspecified atom stereocenters. The Morgan fingerprint density at radius 2 is 2.05 bits per heavy atom. The van der Waals surface area contributed by atoms with Crippen LogP contribution in [0.15, 0.2) is 28.8 Å². The Morgan fingerprint density at radius 1 is 1.29 bits per heavy atom. The fourth-order valence-electron chi connectivity index (χ4n) is 1.79. The molecule has 2 aromatic rings. The van der Waals surface area contributed by atoms with Gasteiger partial charge in [-0.1, -0.05) is 5.16 Å². The quantitative estimate of drug-likeness (QED) is 0.855. The molecule has 6 heteroatoms. The summed E-state index contributed by atoms with van der Waals surface area (Å²) in [5.74, 6) is 0.811. The van der Waals surface area contributed by atoms with E-state index in [0.29, 0.717) is 28.5 Å². The van der Waals surface area contributed by atoms with Gasteiger partial charge in [0.15, 0.2) is 5.78 Å². The number of ether oxygens (including phenoxy) is 1. The number of benzene rings is 1. The molecule has 1 N–H and O–H groups in total. The number of rotatable bonds is 5. The lowest BCUT2D eigenvalue weighted by Gasteiger charge is -2.12. The molecule has 0 aliphatic carbocycles. The maximum atomic E-state index is 11.4. The van der Waals surface area contributed by atoms with Crippen molar-refractivity contribution in [2.45, 2.75) is 27.4 Å². The molecule has 1 heterocycles. The van der Waals surface area contributed by atoms with Gasteiger partial charge in [-0.25, -0.2) is 0 Å². The van der Waals surface area contributed by atoms with Crippen molar-refractivity contribution in [1.29, 1.82) is 0 Å². The summed E-state index contributed by atoms with van der Waals surface area (Å²) >= 11 is 0. The number of hydrogen-bond donors (Lipinski definition) is 1. The Kier molecular flexibility index (Phi) is 4.37. The van der Waals surface area contributed by atoms with Gasteiger partial charge in [0, 0.05) is 18.6 Å². The molecular formula is C15H16N2O4. The Hall–Kier alpha value is -2.63. The van der Waals surface area contributed by atoms with Crippen LogP contribution in [0.4, 0.5) is 5.69 Å². The van der Waals surface area contributed by atoms with Crippen molar-refractivity contribution in [1.82, 2.24) is 5.16 Å². The van der Waals surface area contributed by atoms with Crippen LogP contribution in [0.5, 0.6) is 5.75 Å². The third-order valence-corrected chi connectivity index (χ3v) is 2.75. The van der Waals surface area contributed by atoms with E-state index in [1.54, 1.807) is 31.2 Å². The van der Waals surface area contributed by atoms with E-state index < -0.39 is 0 Å². The normalized spacial score (nSPS) is 10.2. The number of hydrogen-bond acceptors (Lipinski definition) is 5. The van der Waals surface area contributed by atoms with E-state index in [2.05, 4.69) is 10.5 Å². The van der Waals surface area contributed by atoms with E-state index in [1.807, 2.05) is 0 Å². The third kappa shape index (κ3) is 3.92. The number of carbonyl (C=O) groups excluding carboxylic acids is 2. The van der Waals surface area contributed by atoms with Crippen molar-refractivity contribution in [3.05, 3.63) is 41.3 Å². The first-order valence-corrected chi connectivity index (χ1v) is 6.43. The zero-order chi connectivity index (χ0) is 15.4. The minimum absolute atomic E-state index is 0.0773. The van der Waals surface area contributed by atoms with Crippen molar-refractivity contribution in [3.8, 4) is 5.75 Å².